The molecule has 1 amide bonds. The fourth-order valence-corrected chi connectivity index (χ4v) is 5.26. The Kier molecular flexibility index (Phi) is 7.02. The number of likely N-dealkylation sites (tertiary alicyclic amines) is 1. The normalized spacial score (nSPS) is 23.3. The molecule has 2 heterocycles. The molecule has 0 saturated carbocycles. The third-order valence-electron chi connectivity index (χ3n) is 6.97. The summed E-state index contributed by atoms with van der Waals surface area (Å²) in [4.78, 5) is 14.4. The summed E-state index contributed by atoms with van der Waals surface area (Å²) >= 11 is 12.5. The molecule has 1 atom stereocenters. The summed E-state index contributed by atoms with van der Waals surface area (Å²) in [6, 6.07) is 16.8. The molecule has 5 heteroatoms. The van der Waals surface area contributed by atoms with E-state index in [1.807, 2.05) is 12.1 Å². The molecule has 1 unspecified atom stereocenters. The number of halogens is 2. The van der Waals surface area contributed by atoms with Crippen LogP contribution in [0.3, 0.4) is 0 Å². The van der Waals surface area contributed by atoms with E-state index < -0.39 is 0 Å². The number of hydrogen-bond acceptors (Lipinski definition) is 2. The van der Waals surface area contributed by atoms with E-state index in [-0.39, 0.29) is 11.3 Å². The van der Waals surface area contributed by atoms with Crippen molar-refractivity contribution < 1.29 is 4.79 Å². The van der Waals surface area contributed by atoms with E-state index in [0.717, 1.165) is 38.4 Å². The van der Waals surface area contributed by atoms with E-state index in [0.29, 0.717) is 23.0 Å². The van der Waals surface area contributed by atoms with Crippen LogP contribution < -0.4 is 5.32 Å². The number of nitrogens with zero attached hydrogens (tertiary/aromatic N) is 1. The van der Waals surface area contributed by atoms with Gasteiger partial charge in [0.1, 0.15) is 0 Å². The Hall–Kier alpha value is -1.55. The smallest absolute Gasteiger partial charge is 0.220 e. The van der Waals surface area contributed by atoms with Crippen molar-refractivity contribution in [2.24, 2.45) is 5.92 Å². The van der Waals surface area contributed by atoms with E-state index in [9.17, 15) is 4.79 Å². The van der Waals surface area contributed by atoms with Crippen LogP contribution in [-0.2, 0) is 16.6 Å². The van der Waals surface area contributed by atoms with Crippen molar-refractivity contribution in [1.82, 2.24) is 10.2 Å². The molecule has 0 bridgehead atoms. The van der Waals surface area contributed by atoms with Gasteiger partial charge < -0.3 is 10.2 Å². The summed E-state index contributed by atoms with van der Waals surface area (Å²) in [5, 5.41) is 4.26. The van der Waals surface area contributed by atoms with Crippen molar-refractivity contribution in [2.45, 2.75) is 43.9 Å². The molecule has 30 heavy (non-hydrogen) atoms. The first-order valence-corrected chi connectivity index (χ1v) is 11.8. The number of carbonyl (C=O) groups excluding carboxylic acids is 1. The van der Waals surface area contributed by atoms with Crippen LogP contribution in [-0.4, -0.2) is 37.0 Å². The second kappa shape index (κ2) is 9.72. The summed E-state index contributed by atoms with van der Waals surface area (Å²) in [5.41, 5.74) is 2.58. The van der Waals surface area contributed by atoms with E-state index >= 15 is 0 Å². The van der Waals surface area contributed by atoms with Gasteiger partial charge in [0, 0.05) is 18.4 Å². The van der Waals surface area contributed by atoms with Gasteiger partial charge in [0.25, 0.3) is 0 Å². The molecular weight excluding hydrogens is 415 g/mol. The van der Waals surface area contributed by atoms with Gasteiger partial charge in [0.05, 0.1) is 10.0 Å². The molecule has 1 N–H and O–H groups in total. The predicted molar refractivity (Wildman–Crippen MR) is 124 cm³/mol. The van der Waals surface area contributed by atoms with Crippen molar-refractivity contribution in [3.8, 4) is 0 Å². The van der Waals surface area contributed by atoms with Crippen LogP contribution in [0.25, 0.3) is 0 Å². The first-order chi connectivity index (χ1) is 14.5. The van der Waals surface area contributed by atoms with Crippen LogP contribution in [0.4, 0.5) is 0 Å². The van der Waals surface area contributed by atoms with E-state index in [2.05, 4.69) is 46.6 Å². The Balaban J connectivity index is 1.36. The van der Waals surface area contributed by atoms with Gasteiger partial charge in [-0.05, 0) is 80.9 Å². The van der Waals surface area contributed by atoms with Crippen molar-refractivity contribution in [3.63, 3.8) is 0 Å². The highest BCUT2D eigenvalue weighted by Crippen LogP contribution is 2.38. The Morgan fingerprint density at radius 2 is 1.80 bits per heavy atom. The maximum absolute atomic E-state index is 11.8. The van der Waals surface area contributed by atoms with Crippen molar-refractivity contribution in [3.05, 3.63) is 69.7 Å². The summed E-state index contributed by atoms with van der Waals surface area (Å²) < 4.78 is 0. The largest absolute Gasteiger partial charge is 0.355 e. The van der Waals surface area contributed by atoms with Crippen LogP contribution in [0.5, 0.6) is 0 Å². The fourth-order valence-electron chi connectivity index (χ4n) is 4.96. The van der Waals surface area contributed by atoms with Gasteiger partial charge >= 0.3 is 0 Å². The maximum atomic E-state index is 11.8. The SMILES string of the molecule is O=C1CCC(CCN2CCC(Cc3ccccc3)CC2)(c2ccc(Cl)c(Cl)c2)CN1. The lowest BCUT2D eigenvalue weighted by molar-refractivity contribution is -0.123. The van der Waals surface area contributed by atoms with Crippen molar-refractivity contribution in [1.29, 1.82) is 0 Å². The molecule has 0 spiro atoms. The standard InChI is InChI=1S/C25H30Cl2N2O/c26-22-7-6-21(17-23(22)27)25(11-8-24(30)28-18-25)12-15-29-13-9-20(10-14-29)16-19-4-2-1-3-5-19/h1-7,17,20H,8-16,18H2,(H,28,30). The molecule has 2 aliphatic rings. The summed E-state index contributed by atoms with van der Waals surface area (Å²) in [6.07, 6.45) is 6.15. The molecular formula is C25H30Cl2N2O. The van der Waals surface area contributed by atoms with Crippen LogP contribution in [0.15, 0.2) is 48.5 Å². The second-order valence-corrected chi connectivity index (χ2v) is 9.73. The summed E-state index contributed by atoms with van der Waals surface area (Å²) in [7, 11) is 0. The number of rotatable bonds is 6. The number of amides is 1. The minimum absolute atomic E-state index is 0.0664. The van der Waals surface area contributed by atoms with Crippen LogP contribution in [0.1, 0.15) is 43.2 Å². The zero-order valence-electron chi connectivity index (χ0n) is 17.4. The number of hydrogen-bond donors (Lipinski definition) is 1. The molecule has 2 fully saturated rings. The zero-order chi connectivity index (χ0) is 21.0. The monoisotopic (exact) mass is 444 g/mol. The third kappa shape index (κ3) is 5.19. The van der Waals surface area contributed by atoms with Gasteiger partial charge in [-0.2, -0.15) is 0 Å². The minimum atomic E-state index is -0.0664. The number of benzene rings is 2. The first kappa shape index (κ1) is 21.7. The molecule has 0 aliphatic carbocycles. The van der Waals surface area contributed by atoms with E-state index in [4.69, 9.17) is 23.2 Å². The Morgan fingerprint density at radius 1 is 1.03 bits per heavy atom. The quantitative estimate of drug-likeness (QED) is 0.638. The Bertz CT molecular complexity index is 853. The third-order valence-corrected chi connectivity index (χ3v) is 7.71. The highest BCUT2D eigenvalue weighted by molar-refractivity contribution is 6.42. The van der Waals surface area contributed by atoms with Crippen LogP contribution in [0.2, 0.25) is 10.0 Å². The highest BCUT2D eigenvalue weighted by atomic mass is 35.5. The number of piperidine rings is 2. The van der Waals surface area contributed by atoms with Gasteiger partial charge in [-0.25, -0.2) is 0 Å². The minimum Gasteiger partial charge on any atom is -0.355 e. The summed E-state index contributed by atoms with van der Waals surface area (Å²) in [5.74, 6) is 0.925. The van der Waals surface area contributed by atoms with E-state index in [1.54, 1.807) is 0 Å². The number of nitrogens with one attached hydrogen (secondary N) is 1. The first-order valence-electron chi connectivity index (χ1n) is 11.0. The van der Waals surface area contributed by atoms with Crippen molar-refractivity contribution >= 4 is 29.1 Å². The average Bonchev–Trinajstić information content (AvgIpc) is 2.77. The van der Waals surface area contributed by atoms with Crippen LogP contribution >= 0.6 is 23.2 Å². The Labute approximate surface area is 189 Å². The van der Waals surface area contributed by atoms with Gasteiger partial charge in [0.15, 0.2) is 0 Å². The molecule has 2 aromatic rings. The fraction of sp³-hybridized carbons (Fsp3) is 0.480. The van der Waals surface area contributed by atoms with Crippen LogP contribution in [0, 0.1) is 5.92 Å². The lowest BCUT2D eigenvalue weighted by Gasteiger charge is -2.40. The molecule has 0 aromatic heterocycles. The lowest BCUT2D eigenvalue weighted by atomic mass is 9.72. The van der Waals surface area contributed by atoms with Gasteiger partial charge in [-0.15, -0.1) is 0 Å². The van der Waals surface area contributed by atoms with Crippen molar-refractivity contribution in [2.75, 3.05) is 26.2 Å². The summed E-state index contributed by atoms with van der Waals surface area (Å²) in [6.45, 7) is 4.03. The molecule has 3 nitrogen and oxygen atoms in total. The lowest BCUT2D eigenvalue weighted by Crippen LogP contribution is -2.48. The van der Waals surface area contributed by atoms with Gasteiger partial charge in [-0.1, -0.05) is 59.6 Å². The maximum Gasteiger partial charge on any atom is 0.220 e. The molecule has 2 saturated heterocycles. The van der Waals surface area contributed by atoms with E-state index in [1.165, 1.54) is 30.4 Å². The number of carbonyl (C=O) groups is 1. The molecule has 4 rings (SSSR count). The molecule has 2 aliphatic heterocycles. The zero-order valence-corrected chi connectivity index (χ0v) is 18.9. The van der Waals surface area contributed by atoms with Gasteiger partial charge in [-0.3, -0.25) is 4.79 Å². The molecule has 2 aromatic carbocycles. The second-order valence-electron chi connectivity index (χ2n) is 8.91. The Morgan fingerprint density at radius 3 is 2.47 bits per heavy atom. The average molecular weight is 445 g/mol. The molecule has 160 valence electrons. The topological polar surface area (TPSA) is 32.3 Å². The van der Waals surface area contributed by atoms with Gasteiger partial charge in [0.2, 0.25) is 5.91 Å². The molecule has 0 radical (unpaired) electrons. The predicted octanol–water partition coefficient (Wildman–Crippen LogP) is 5.49. The highest BCUT2D eigenvalue weighted by Gasteiger charge is 2.37.